The quantitative estimate of drug-likeness (QED) is 0.0767. The van der Waals surface area contributed by atoms with Crippen LogP contribution in [0.2, 0.25) is 0 Å². The minimum absolute atomic E-state index is 0.00521. The third-order valence-electron chi connectivity index (χ3n) is 9.61. The Balaban J connectivity index is 1.30. The first-order valence-electron chi connectivity index (χ1n) is 18.4. The highest BCUT2D eigenvalue weighted by Crippen LogP contribution is 2.45. The molecule has 4 heterocycles. The van der Waals surface area contributed by atoms with Crippen molar-refractivity contribution >= 4 is 42.5 Å². The number of rotatable bonds is 17. The van der Waals surface area contributed by atoms with Crippen molar-refractivity contribution in [2.75, 3.05) is 43.5 Å². The fourth-order valence-electron chi connectivity index (χ4n) is 6.87. The highest BCUT2D eigenvalue weighted by Gasteiger charge is 2.54. The largest absolute Gasteiger partial charge is 0.465 e. The number of nitrogens with two attached hydrogens (primary N) is 1. The number of nitrogen functional groups attached to an aromatic ring is 1. The van der Waals surface area contributed by atoms with Crippen molar-refractivity contribution in [3.05, 3.63) is 78.1 Å². The molecule has 2 aromatic carbocycles. The summed E-state index contributed by atoms with van der Waals surface area (Å²) in [7, 11) is -4.46. The number of nitrogens with one attached hydrogen (secondary N) is 2. The van der Waals surface area contributed by atoms with Gasteiger partial charge >= 0.3 is 19.6 Å². The van der Waals surface area contributed by atoms with Crippen molar-refractivity contribution in [3.63, 3.8) is 0 Å². The summed E-state index contributed by atoms with van der Waals surface area (Å²) < 4.78 is 39.5. The molecule has 0 spiro atoms. The second-order valence-corrected chi connectivity index (χ2v) is 15.6. The van der Waals surface area contributed by atoms with E-state index in [1.165, 1.54) is 17.8 Å². The van der Waals surface area contributed by atoms with Gasteiger partial charge in [-0.3, -0.25) is 18.7 Å². The minimum atomic E-state index is -4.46. The molecular weight excluding hydrogens is 731 g/mol. The molecule has 0 radical (unpaired) electrons. The average molecular weight is 781 g/mol. The van der Waals surface area contributed by atoms with Gasteiger partial charge in [-0.15, -0.1) is 0 Å². The van der Waals surface area contributed by atoms with Crippen LogP contribution in [-0.2, 0) is 45.7 Å². The van der Waals surface area contributed by atoms with Crippen LogP contribution in [0.4, 0.5) is 11.8 Å². The summed E-state index contributed by atoms with van der Waals surface area (Å²) in [4.78, 5) is 42.1. The van der Waals surface area contributed by atoms with E-state index < -0.39 is 62.3 Å². The van der Waals surface area contributed by atoms with Gasteiger partial charge in [0.05, 0.1) is 26.1 Å². The van der Waals surface area contributed by atoms with Gasteiger partial charge < -0.3 is 39.6 Å². The molecule has 296 valence electrons. The molecule has 6 atom stereocenters. The van der Waals surface area contributed by atoms with Gasteiger partial charge in [-0.25, -0.2) is 15.2 Å². The van der Waals surface area contributed by atoms with E-state index in [1.54, 1.807) is 62.4 Å². The number of hydrogen-bond donors (Lipinski definition) is 5. The molecule has 2 saturated heterocycles. The molecule has 2 aliphatic heterocycles. The summed E-state index contributed by atoms with van der Waals surface area (Å²) in [6, 6.07) is 15.7. The van der Waals surface area contributed by atoms with Crippen LogP contribution >= 0.6 is 7.67 Å². The number of benzene rings is 2. The zero-order valence-corrected chi connectivity index (χ0v) is 32.0. The number of aromatic nitrogens is 4. The summed E-state index contributed by atoms with van der Waals surface area (Å²) in [5.74, 6) is -0.831. The van der Waals surface area contributed by atoms with Crippen molar-refractivity contribution < 1.29 is 43.1 Å². The van der Waals surface area contributed by atoms with Gasteiger partial charge in [-0.2, -0.15) is 9.97 Å². The number of hydrogen-bond acceptors (Lipinski definition) is 14. The van der Waals surface area contributed by atoms with Crippen LogP contribution in [0.15, 0.2) is 67.0 Å². The van der Waals surface area contributed by atoms with Crippen LogP contribution in [-0.4, -0.2) is 104 Å². The molecule has 2 aromatic heterocycles. The van der Waals surface area contributed by atoms with Gasteiger partial charge in [0.1, 0.15) is 29.9 Å². The molecule has 0 aliphatic carbocycles. The van der Waals surface area contributed by atoms with E-state index in [9.17, 15) is 19.8 Å². The Morgan fingerprint density at radius 1 is 0.964 bits per heavy atom. The summed E-state index contributed by atoms with van der Waals surface area (Å²) in [6.45, 7) is 5.81. The highest BCUT2D eigenvalue weighted by molar-refractivity contribution is 7.54. The number of aliphatic hydroxyl groups excluding tert-OH is 1. The van der Waals surface area contributed by atoms with E-state index in [2.05, 4.69) is 30.0 Å². The zero-order chi connectivity index (χ0) is 39.2. The van der Waals surface area contributed by atoms with E-state index in [0.29, 0.717) is 17.0 Å². The van der Waals surface area contributed by atoms with E-state index in [1.807, 2.05) is 12.1 Å². The smallest absolute Gasteiger partial charge is 0.342 e. The third-order valence-corrected chi connectivity index (χ3v) is 11.4. The lowest BCUT2D eigenvalue weighted by atomic mass is 9.96. The maximum Gasteiger partial charge on any atom is 0.342 e. The Labute approximate surface area is 319 Å². The molecule has 2 aliphatic rings. The van der Waals surface area contributed by atoms with Crippen molar-refractivity contribution in [1.82, 2.24) is 29.7 Å². The molecule has 2 fully saturated rings. The van der Waals surface area contributed by atoms with Gasteiger partial charge in [-0.1, -0.05) is 60.7 Å². The van der Waals surface area contributed by atoms with E-state index in [0.717, 1.165) is 37.1 Å². The Morgan fingerprint density at radius 3 is 2.04 bits per heavy atom. The normalized spacial score (nSPS) is 22.5. The lowest BCUT2D eigenvalue weighted by Gasteiger charge is -2.30. The standard InChI is InChI=1S/C37H49N8O9P/c1-4-51-33(47)26(20-24-14-8-6-9-15-24)42-55(50,43-27(34(48)52-5-2)21-25-16-10-7-11-17-25)53-22-28-30(46)37(3,49)35(54-28)45-23-39-29-31(44-18-12-13-19-44)40-36(38)41-32(29)45/h6-11,14-17,23,26-28,30,35,46,49H,4-5,12-13,18-22H2,1-3H3,(H2,38,40,41)(H2,42,43,50)/t26-,27-,28+,30?,35?,37-/m0/s1. The fraction of sp³-hybridized carbons (Fsp3) is 0.486. The van der Waals surface area contributed by atoms with Crippen LogP contribution in [0, 0.1) is 0 Å². The summed E-state index contributed by atoms with van der Waals surface area (Å²) in [5.41, 5.74) is 6.41. The molecule has 0 saturated carbocycles. The first kappa shape index (κ1) is 40.2. The van der Waals surface area contributed by atoms with Gasteiger partial charge in [-0.05, 0) is 57.6 Å². The topological polar surface area (TPSA) is 226 Å². The number of nitrogens with zero attached hydrogens (tertiary/aromatic N) is 5. The van der Waals surface area contributed by atoms with Gasteiger partial charge in [0.2, 0.25) is 5.95 Å². The Morgan fingerprint density at radius 2 is 1.51 bits per heavy atom. The number of aliphatic hydroxyl groups is 2. The van der Waals surface area contributed by atoms with Crippen molar-refractivity contribution in [1.29, 1.82) is 0 Å². The van der Waals surface area contributed by atoms with Gasteiger partial charge in [0.25, 0.3) is 0 Å². The molecule has 0 bridgehead atoms. The first-order valence-corrected chi connectivity index (χ1v) is 20.1. The fourth-order valence-corrected chi connectivity index (χ4v) is 8.66. The molecule has 4 aromatic rings. The van der Waals surface area contributed by atoms with Crippen molar-refractivity contribution in [2.24, 2.45) is 0 Å². The number of esters is 2. The highest BCUT2D eigenvalue weighted by atomic mass is 31.2. The van der Waals surface area contributed by atoms with Crippen molar-refractivity contribution in [2.45, 2.75) is 82.6 Å². The van der Waals surface area contributed by atoms with Crippen LogP contribution in [0.1, 0.15) is 51.0 Å². The minimum Gasteiger partial charge on any atom is -0.465 e. The van der Waals surface area contributed by atoms with Crippen molar-refractivity contribution in [3.8, 4) is 0 Å². The van der Waals surface area contributed by atoms with E-state index in [4.69, 9.17) is 24.5 Å². The molecule has 6 N–H and O–H groups in total. The predicted octanol–water partition coefficient (Wildman–Crippen LogP) is 2.67. The zero-order valence-electron chi connectivity index (χ0n) is 31.1. The van der Waals surface area contributed by atoms with Crippen LogP contribution in [0.25, 0.3) is 11.2 Å². The SMILES string of the molecule is CCOC(=O)[C@H](Cc1ccccc1)NP(=O)(N[C@@H](Cc1ccccc1)C(=O)OCC)OC[C@H]1OC(n2cnc3c(N4CCCC4)nc(N)nc32)[C@@](C)(O)C1O. The third kappa shape index (κ3) is 9.32. The number of fused-ring (bicyclic) bond motifs is 1. The van der Waals surface area contributed by atoms with E-state index >= 15 is 4.57 Å². The van der Waals surface area contributed by atoms with Gasteiger partial charge in [0.15, 0.2) is 23.2 Å². The maximum atomic E-state index is 15.0. The lowest BCUT2D eigenvalue weighted by Crippen LogP contribution is -2.47. The second kappa shape index (κ2) is 17.5. The molecule has 0 amide bonds. The lowest BCUT2D eigenvalue weighted by molar-refractivity contribution is -0.145. The number of anilines is 2. The molecular formula is C37H49N8O9P. The molecule has 6 rings (SSSR count). The number of carbonyl (C=O) groups excluding carboxylic acids is 2. The summed E-state index contributed by atoms with van der Waals surface area (Å²) in [5, 5.41) is 28.8. The Bertz CT molecular complexity index is 1890. The predicted molar refractivity (Wildman–Crippen MR) is 203 cm³/mol. The van der Waals surface area contributed by atoms with Crippen LogP contribution in [0.5, 0.6) is 0 Å². The number of ether oxygens (including phenoxy) is 3. The van der Waals surface area contributed by atoms with E-state index in [-0.39, 0.29) is 32.0 Å². The average Bonchev–Trinajstić information content (AvgIpc) is 3.90. The Hall–Kier alpha value is -4.48. The second-order valence-electron chi connectivity index (χ2n) is 13.7. The Kier molecular flexibility index (Phi) is 12.8. The molecule has 55 heavy (non-hydrogen) atoms. The monoisotopic (exact) mass is 780 g/mol. The van der Waals surface area contributed by atoms with Crippen LogP contribution in [0.3, 0.4) is 0 Å². The van der Waals surface area contributed by atoms with Gasteiger partial charge in [0, 0.05) is 13.1 Å². The molecule has 18 heteroatoms. The number of carbonyl (C=O) groups is 2. The maximum absolute atomic E-state index is 15.0. The van der Waals surface area contributed by atoms with Crippen LogP contribution < -0.4 is 20.8 Å². The summed E-state index contributed by atoms with van der Waals surface area (Å²) >= 11 is 0. The summed E-state index contributed by atoms with van der Waals surface area (Å²) in [6.07, 6.45) is -0.529. The molecule has 17 nitrogen and oxygen atoms in total. The first-order chi connectivity index (χ1) is 26.4. The number of imidazole rings is 1. The molecule has 2 unspecified atom stereocenters.